The number of rotatable bonds is 5. The lowest BCUT2D eigenvalue weighted by Crippen LogP contribution is -2.29. The van der Waals surface area contributed by atoms with E-state index in [9.17, 15) is 0 Å². The molecule has 0 spiro atoms. The molecule has 2 rings (SSSR count). The summed E-state index contributed by atoms with van der Waals surface area (Å²) in [6.45, 7) is 4.25. The van der Waals surface area contributed by atoms with Gasteiger partial charge >= 0.3 is 0 Å². The molecule has 4 heteroatoms. The maximum absolute atomic E-state index is 4.15. The van der Waals surface area contributed by atoms with Crippen LogP contribution in [0.2, 0.25) is 0 Å². The molecule has 0 amide bonds. The van der Waals surface area contributed by atoms with Crippen molar-refractivity contribution >= 4 is 16.6 Å². The molecule has 0 radical (unpaired) electrons. The molecule has 0 aliphatic heterocycles. The molecule has 96 valence electrons. The number of hydrogen-bond acceptors (Lipinski definition) is 4. The summed E-state index contributed by atoms with van der Waals surface area (Å²) in [7, 11) is 4.09. The molecule has 0 saturated carbocycles. The molecule has 1 aromatic carbocycles. The average Bonchev–Trinajstić information content (AvgIpc) is 2.38. The van der Waals surface area contributed by atoms with E-state index in [2.05, 4.69) is 40.5 Å². The Morgan fingerprint density at radius 3 is 2.89 bits per heavy atom. The Kier molecular flexibility index (Phi) is 4.10. The highest BCUT2D eigenvalue weighted by molar-refractivity contribution is 5.90. The number of benzene rings is 1. The molecule has 1 heterocycles. The van der Waals surface area contributed by atoms with Crippen LogP contribution in [-0.2, 0) is 0 Å². The van der Waals surface area contributed by atoms with Crippen molar-refractivity contribution in [1.29, 1.82) is 0 Å². The van der Waals surface area contributed by atoms with Crippen LogP contribution in [0.1, 0.15) is 6.92 Å². The maximum Gasteiger partial charge on any atom is 0.0950 e. The summed E-state index contributed by atoms with van der Waals surface area (Å²) in [5, 5.41) is 12.6. The van der Waals surface area contributed by atoms with Crippen LogP contribution in [0.3, 0.4) is 0 Å². The van der Waals surface area contributed by atoms with E-state index in [-0.39, 0.29) is 0 Å². The van der Waals surface area contributed by atoms with Gasteiger partial charge in [0.15, 0.2) is 0 Å². The van der Waals surface area contributed by atoms with Gasteiger partial charge in [0.05, 0.1) is 17.4 Å². The summed E-state index contributed by atoms with van der Waals surface area (Å²) in [5.41, 5.74) is 2.09. The second kappa shape index (κ2) is 5.78. The van der Waals surface area contributed by atoms with Crippen molar-refractivity contribution in [3.05, 3.63) is 30.5 Å². The zero-order chi connectivity index (χ0) is 13.0. The summed E-state index contributed by atoms with van der Waals surface area (Å²) >= 11 is 0. The monoisotopic (exact) mass is 244 g/mol. The first-order valence-electron chi connectivity index (χ1n) is 6.28. The summed E-state index contributed by atoms with van der Waals surface area (Å²) in [4.78, 5) is 2.25. The molecular weight excluding hydrogens is 224 g/mol. The summed E-state index contributed by atoms with van der Waals surface area (Å²) in [6, 6.07) is 8.12. The molecule has 0 bridgehead atoms. The quantitative estimate of drug-likeness (QED) is 0.872. The largest absolute Gasteiger partial charge is 0.372 e. The van der Waals surface area contributed by atoms with Gasteiger partial charge in [-0.2, -0.15) is 10.2 Å². The van der Waals surface area contributed by atoms with E-state index in [4.69, 9.17) is 0 Å². The van der Waals surface area contributed by atoms with E-state index in [1.165, 1.54) is 0 Å². The van der Waals surface area contributed by atoms with Crippen LogP contribution >= 0.6 is 0 Å². The van der Waals surface area contributed by atoms with Gasteiger partial charge in [0.25, 0.3) is 0 Å². The Labute approximate surface area is 108 Å². The molecule has 1 N–H and O–H groups in total. The molecule has 1 aromatic heterocycles. The normalized spacial score (nSPS) is 12.6. The number of fused-ring (bicyclic) bond motifs is 1. The molecular formula is C14H20N4. The average molecular weight is 244 g/mol. The maximum atomic E-state index is 4.15. The molecule has 0 aliphatic carbocycles. The van der Waals surface area contributed by atoms with E-state index in [0.717, 1.165) is 29.7 Å². The number of hydrogen-bond donors (Lipinski definition) is 1. The fourth-order valence-electron chi connectivity index (χ4n) is 2.28. The number of aromatic nitrogens is 2. The van der Waals surface area contributed by atoms with Crippen LogP contribution < -0.4 is 10.2 Å². The van der Waals surface area contributed by atoms with Crippen LogP contribution in [0.25, 0.3) is 10.9 Å². The van der Waals surface area contributed by atoms with E-state index in [1.54, 1.807) is 0 Å². The van der Waals surface area contributed by atoms with Gasteiger partial charge in [0.2, 0.25) is 0 Å². The fourth-order valence-corrected chi connectivity index (χ4v) is 2.28. The highest BCUT2D eigenvalue weighted by Crippen LogP contribution is 2.23. The van der Waals surface area contributed by atoms with Gasteiger partial charge in [-0.25, -0.2) is 0 Å². The smallest absolute Gasteiger partial charge is 0.0950 e. The second-order valence-corrected chi connectivity index (χ2v) is 4.79. The highest BCUT2D eigenvalue weighted by Gasteiger charge is 2.10. The molecule has 0 saturated heterocycles. The standard InChI is InChI=1S/C14H20N4/c1-11(8-15-2)10-18(3)14-9-16-17-13-7-5-4-6-12(13)14/h4-7,9,11,15H,8,10H2,1-3H3. The van der Waals surface area contributed by atoms with Gasteiger partial charge in [0, 0.05) is 19.0 Å². The van der Waals surface area contributed by atoms with Gasteiger partial charge in [-0.1, -0.05) is 25.1 Å². The first-order valence-corrected chi connectivity index (χ1v) is 6.28. The van der Waals surface area contributed by atoms with Crippen molar-refractivity contribution in [3.8, 4) is 0 Å². The number of nitrogens with zero attached hydrogens (tertiary/aromatic N) is 3. The van der Waals surface area contributed by atoms with Gasteiger partial charge in [-0.05, 0) is 25.6 Å². The SMILES string of the molecule is CNCC(C)CN(C)c1cnnc2ccccc12. The molecule has 0 aliphatic rings. The van der Waals surface area contributed by atoms with Crippen molar-refractivity contribution in [1.82, 2.24) is 15.5 Å². The second-order valence-electron chi connectivity index (χ2n) is 4.79. The Bertz CT molecular complexity index is 507. The number of nitrogens with one attached hydrogen (secondary N) is 1. The third kappa shape index (κ3) is 2.76. The minimum atomic E-state index is 0.590. The lowest BCUT2D eigenvalue weighted by atomic mass is 10.1. The Hall–Kier alpha value is -1.68. The lowest BCUT2D eigenvalue weighted by Gasteiger charge is -2.24. The van der Waals surface area contributed by atoms with E-state index in [0.29, 0.717) is 5.92 Å². The van der Waals surface area contributed by atoms with Crippen molar-refractivity contribution in [3.63, 3.8) is 0 Å². The van der Waals surface area contributed by atoms with Crippen LogP contribution in [-0.4, -0.2) is 37.4 Å². The van der Waals surface area contributed by atoms with E-state index < -0.39 is 0 Å². The lowest BCUT2D eigenvalue weighted by molar-refractivity contribution is 0.543. The van der Waals surface area contributed by atoms with E-state index in [1.807, 2.05) is 31.4 Å². The predicted octanol–water partition coefficient (Wildman–Crippen LogP) is 1.92. The van der Waals surface area contributed by atoms with Crippen molar-refractivity contribution in [2.75, 3.05) is 32.1 Å². The first kappa shape index (κ1) is 12.8. The predicted molar refractivity (Wildman–Crippen MR) is 75.9 cm³/mol. The van der Waals surface area contributed by atoms with Crippen LogP contribution in [0.15, 0.2) is 30.5 Å². The van der Waals surface area contributed by atoms with E-state index >= 15 is 0 Å². The molecule has 2 aromatic rings. The zero-order valence-electron chi connectivity index (χ0n) is 11.2. The molecule has 0 fully saturated rings. The fraction of sp³-hybridized carbons (Fsp3) is 0.429. The minimum absolute atomic E-state index is 0.590. The summed E-state index contributed by atoms with van der Waals surface area (Å²) in [6.07, 6.45) is 1.84. The minimum Gasteiger partial charge on any atom is -0.372 e. The van der Waals surface area contributed by atoms with Crippen molar-refractivity contribution < 1.29 is 0 Å². The third-order valence-corrected chi connectivity index (χ3v) is 3.07. The van der Waals surface area contributed by atoms with Crippen LogP contribution in [0.5, 0.6) is 0 Å². The van der Waals surface area contributed by atoms with Gasteiger partial charge < -0.3 is 10.2 Å². The van der Waals surface area contributed by atoms with Gasteiger partial charge in [-0.15, -0.1) is 0 Å². The first-order chi connectivity index (χ1) is 8.72. The highest BCUT2D eigenvalue weighted by atomic mass is 15.2. The van der Waals surface area contributed by atoms with Gasteiger partial charge in [0.1, 0.15) is 0 Å². The van der Waals surface area contributed by atoms with Crippen molar-refractivity contribution in [2.24, 2.45) is 5.92 Å². The van der Waals surface area contributed by atoms with Crippen molar-refractivity contribution in [2.45, 2.75) is 6.92 Å². The topological polar surface area (TPSA) is 41.0 Å². The molecule has 18 heavy (non-hydrogen) atoms. The zero-order valence-corrected chi connectivity index (χ0v) is 11.2. The molecule has 1 unspecified atom stereocenters. The Balaban J connectivity index is 2.24. The third-order valence-electron chi connectivity index (χ3n) is 3.07. The van der Waals surface area contributed by atoms with Crippen LogP contribution in [0, 0.1) is 5.92 Å². The Morgan fingerprint density at radius 2 is 2.11 bits per heavy atom. The summed E-state index contributed by atoms with van der Waals surface area (Å²) in [5.74, 6) is 0.590. The van der Waals surface area contributed by atoms with Crippen LogP contribution in [0.4, 0.5) is 5.69 Å². The van der Waals surface area contributed by atoms with Gasteiger partial charge in [-0.3, -0.25) is 0 Å². The number of anilines is 1. The molecule has 1 atom stereocenters. The summed E-state index contributed by atoms with van der Waals surface area (Å²) < 4.78 is 0. The Morgan fingerprint density at radius 1 is 1.33 bits per heavy atom. The molecule has 4 nitrogen and oxygen atoms in total.